The molecule has 0 spiro atoms. The van der Waals surface area contributed by atoms with Crippen LogP contribution in [0.1, 0.15) is 25.1 Å². The van der Waals surface area contributed by atoms with Crippen LogP contribution >= 0.6 is 0 Å². The lowest BCUT2D eigenvalue weighted by Crippen LogP contribution is -2.03. The minimum absolute atomic E-state index is 0.644. The second-order valence-electron chi connectivity index (χ2n) is 4.45. The Balaban J connectivity index is 1.64. The van der Waals surface area contributed by atoms with Crippen LogP contribution in [-0.2, 0) is 17.6 Å². The first-order chi connectivity index (χ1) is 9.88. The van der Waals surface area contributed by atoms with Crippen molar-refractivity contribution in [2.24, 2.45) is 0 Å². The summed E-state index contributed by atoms with van der Waals surface area (Å²) in [5, 5.41) is 7.29. The summed E-state index contributed by atoms with van der Waals surface area (Å²) in [6, 6.07) is 10.2. The van der Waals surface area contributed by atoms with E-state index in [-0.39, 0.29) is 0 Å². The number of rotatable bonds is 9. The molecule has 0 saturated heterocycles. The molecule has 0 bridgehead atoms. The minimum Gasteiger partial charge on any atom is -0.385 e. The quantitative estimate of drug-likeness (QED) is 0.713. The van der Waals surface area contributed by atoms with Gasteiger partial charge in [0.25, 0.3) is 0 Å². The molecule has 1 heterocycles. The summed E-state index contributed by atoms with van der Waals surface area (Å²) in [5.41, 5.74) is 1.13. The molecule has 20 heavy (non-hydrogen) atoms. The number of hydrogen-bond acceptors (Lipinski definition) is 5. The van der Waals surface area contributed by atoms with Crippen LogP contribution in [0.4, 0.5) is 5.69 Å². The molecule has 0 atom stereocenters. The van der Waals surface area contributed by atoms with Crippen LogP contribution < -0.4 is 5.32 Å². The number of aryl methyl sites for hydroxylation is 1. The summed E-state index contributed by atoms with van der Waals surface area (Å²) >= 11 is 0. The monoisotopic (exact) mass is 275 g/mol. The van der Waals surface area contributed by atoms with Crippen LogP contribution in [0.3, 0.4) is 0 Å². The number of benzene rings is 1. The van der Waals surface area contributed by atoms with E-state index in [2.05, 4.69) is 27.6 Å². The maximum Gasteiger partial charge on any atom is 0.226 e. The molecule has 0 aliphatic carbocycles. The molecule has 0 fully saturated rings. The van der Waals surface area contributed by atoms with Crippen LogP contribution in [0.5, 0.6) is 0 Å². The highest BCUT2D eigenvalue weighted by Crippen LogP contribution is 2.06. The average molecular weight is 275 g/mol. The number of nitrogens with zero attached hydrogens (tertiary/aromatic N) is 2. The zero-order valence-corrected chi connectivity index (χ0v) is 11.8. The molecule has 1 aromatic heterocycles. The third kappa shape index (κ3) is 5.01. The Labute approximate surface area is 119 Å². The average Bonchev–Trinajstić information content (AvgIpc) is 2.93. The van der Waals surface area contributed by atoms with Crippen molar-refractivity contribution in [1.29, 1.82) is 0 Å². The Kier molecular flexibility index (Phi) is 6.05. The van der Waals surface area contributed by atoms with Crippen LogP contribution in [0.2, 0.25) is 0 Å². The number of anilines is 1. The summed E-state index contributed by atoms with van der Waals surface area (Å²) in [7, 11) is 0. The fourth-order valence-corrected chi connectivity index (χ4v) is 1.83. The van der Waals surface area contributed by atoms with E-state index in [1.54, 1.807) is 0 Å². The molecule has 0 aliphatic heterocycles. The predicted octanol–water partition coefficient (Wildman–Crippen LogP) is 2.69. The van der Waals surface area contributed by atoms with Gasteiger partial charge < -0.3 is 14.6 Å². The second-order valence-corrected chi connectivity index (χ2v) is 4.45. The molecular formula is C15H21N3O2. The van der Waals surface area contributed by atoms with Gasteiger partial charge in [-0.1, -0.05) is 23.4 Å². The SMILES string of the molecule is CCOCCc1noc(CCCNc2ccccc2)n1. The Morgan fingerprint density at radius 3 is 2.85 bits per heavy atom. The van der Waals surface area contributed by atoms with Crippen LogP contribution in [0.25, 0.3) is 0 Å². The predicted molar refractivity (Wildman–Crippen MR) is 77.7 cm³/mol. The number of ether oxygens (including phenoxy) is 1. The fraction of sp³-hybridized carbons (Fsp3) is 0.467. The van der Waals surface area contributed by atoms with Gasteiger partial charge in [0.15, 0.2) is 5.82 Å². The Bertz CT molecular complexity index is 485. The third-order valence-corrected chi connectivity index (χ3v) is 2.85. The van der Waals surface area contributed by atoms with Crippen molar-refractivity contribution in [2.45, 2.75) is 26.2 Å². The first-order valence-electron chi connectivity index (χ1n) is 7.06. The summed E-state index contributed by atoms with van der Waals surface area (Å²) in [4.78, 5) is 4.34. The molecule has 0 radical (unpaired) electrons. The molecule has 0 unspecified atom stereocenters. The number of hydrogen-bond donors (Lipinski definition) is 1. The second kappa shape index (κ2) is 8.32. The van der Waals surface area contributed by atoms with Crippen molar-refractivity contribution in [3.8, 4) is 0 Å². The topological polar surface area (TPSA) is 60.2 Å². The highest BCUT2D eigenvalue weighted by atomic mass is 16.5. The Hall–Kier alpha value is -1.88. The van der Waals surface area contributed by atoms with E-state index in [9.17, 15) is 0 Å². The van der Waals surface area contributed by atoms with Crippen LogP contribution in [0, 0.1) is 0 Å². The lowest BCUT2D eigenvalue weighted by atomic mass is 10.3. The van der Waals surface area contributed by atoms with Gasteiger partial charge >= 0.3 is 0 Å². The molecule has 5 heteroatoms. The van der Waals surface area contributed by atoms with Crippen molar-refractivity contribution in [3.05, 3.63) is 42.0 Å². The van der Waals surface area contributed by atoms with Gasteiger partial charge in [-0.05, 0) is 25.5 Å². The molecule has 108 valence electrons. The van der Waals surface area contributed by atoms with Crippen LogP contribution in [0.15, 0.2) is 34.9 Å². The maximum atomic E-state index is 5.26. The molecular weight excluding hydrogens is 254 g/mol. The van der Waals surface area contributed by atoms with Gasteiger partial charge in [-0.25, -0.2) is 0 Å². The molecule has 0 amide bonds. The van der Waals surface area contributed by atoms with Crippen molar-refractivity contribution in [2.75, 3.05) is 25.1 Å². The van der Waals surface area contributed by atoms with E-state index in [0.717, 1.165) is 37.5 Å². The van der Waals surface area contributed by atoms with Crippen molar-refractivity contribution in [3.63, 3.8) is 0 Å². The first-order valence-corrected chi connectivity index (χ1v) is 7.06. The maximum absolute atomic E-state index is 5.26. The molecule has 0 saturated carbocycles. The van der Waals surface area contributed by atoms with E-state index >= 15 is 0 Å². The molecule has 2 rings (SSSR count). The van der Waals surface area contributed by atoms with Gasteiger partial charge in [0.1, 0.15) is 0 Å². The van der Waals surface area contributed by atoms with Crippen LogP contribution in [-0.4, -0.2) is 29.9 Å². The number of para-hydroxylation sites is 1. The van der Waals surface area contributed by atoms with E-state index in [1.165, 1.54) is 0 Å². The van der Waals surface area contributed by atoms with Gasteiger partial charge in [-0.15, -0.1) is 0 Å². The summed E-state index contributed by atoms with van der Waals surface area (Å²) in [6.45, 7) is 4.23. The van der Waals surface area contributed by atoms with E-state index in [0.29, 0.717) is 18.9 Å². The summed E-state index contributed by atoms with van der Waals surface area (Å²) < 4.78 is 10.5. The molecule has 1 N–H and O–H groups in total. The number of nitrogens with one attached hydrogen (secondary N) is 1. The van der Waals surface area contributed by atoms with Gasteiger partial charge in [-0.2, -0.15) is 4.98 Å². The molecule has 2 aromatic rings. The van der Waals surface area contributed by atoms with E-state index in [4.69, 9.17) is 9.26 Å². The zero-order chi connectivity index (χ0) is 14.0. The van der Waals surface area contributed by atoms with Gasteiger partial charge in [-0.3, -0.25) is 0 Å². The third-order valence-electron chi connectivity index (χ3n) is 2.85. The van der Waals surface area contributed by atoms with Crippen molar-refractivity contribution < 1.29 is 9.26 Å². The lowest BCUT2D eigenvalue weighted by Gasteiger charge is -2.03. The van der Waals surface area contributed by atoms with Crippen molar-refractivity contribution >= 4 is 5.69 Å². The molecule has 0 aliphatic rings. The lowest BCUT2D eigenvalue weighted by molar-refractivity contribution is 0.149. The zero-order valence-electron chi connectivity index (χ0n) is 11.8. The van der Waals surface area contributed by atoms with Crippen molar-refractivity contribution in [1.82, 2.24) is 10.1 Å². The van der Waals surface area contributed by atoms with Gasteiger partial charge in [0.2, 0.25) is 5.89 Å². The molecule has 5 nitrogen and oxygen atoms in total. The summed E-state index contributed by atoms with van der Waals surface area (Å²) in [6.07, 6.45) is 2.46. The largest absolute Gasteiger partial charge is 0.385 e. The summed E-state index contributed by atoms with van der Waals surface area (Å²) in [5.74, 6) is 1.43. The number of aromatic nitrogens is 2. The first kappa shape index (κ1) is 14.5. The normalized spacial score (nSPS) is 10.7. The fourth-order valence-electron chi connectivity index (χ4n) is 1.83. The standard InChI is InChI=1S/C15H21N3O2/c1-2-19-12-10-14-17-15(20-18-14)9-6-11-16-13-7-4-3-5-8-13/h3-5,7-8,16H,2,6,9-12H2,1H3. The smallest absolute Gasteiger partial charge is 0.226 e. The minimum atomic E-state index is 0.644. The highest BCUT2D eigenvalue weighted by molar-refractivity contribution is 5.42. The Morgan fingerprint density at radius 1 is 1.20 bits per heavy atom. The van der Waals surface area contributed by atoms with E-state index in [1.807, 2.05) is 25.1 Å². The van der Waals surface area contributed by atoms with E-state index < -0.39 is 0 Å². The molecule has 1 aromatic carbocycles. The highest BCUT2D eigenvalue weighted by Gasteiger charge is 2.05. The van der Waals surface area contributed by atoms with Gasteiger partial charge in [0.05, 0.1) is 6.61 Å². The van der Waals surface area contributed by atoms with Gasteiger partial charge in [0, 0.05) is 31.7 Å². The Morgan fingerprint density at radius 2 is 2.05 bits per heavy atom.